The molecule has 3 N–H and O–H groups in total. The second-order valence-electron chi connectivity index (χ2n) is 3.98. The molecule has 0 bridgehead atoms. The molecule has 7 heteroatoms. The number of hydrogen-bond acceptors (Lipinski definition) is 4. The average molecular weight is 272 g/mol. The maximum Gasteiger partial charge on any atom is 0.255 e. The Kier molecular flexibility index (Phi) is 4.55. The first kappa shape index (κ1) is 14.3. The van der Waals surface area contributed by atoms with Crippen LogP contribution in [-0.2, 0) is 14.8 Å². The molecule has 1 rings (SSSR count). The van der Waals surface area contributed by atoms with E-state index in [1.54, 1.807) is 32.0 Å². The van der Waals surface area contributed by atoms with Gasteiger partial charge in [0.2, 0.25) is 10.0 Å². The van der Waals surface area contributed by atoms with Crippen LogP contribution in [0.4, 0.5) is 5.69 Å². The Bertz CT molecular complexity index is 526. The predicted molar refractivity (Wildman–Crippen MR) is 68.8 cm³/mol. The predicted octanol–water partition coefficient (Wildman–Crippen LogP) is 0.701. The SMILES string of the molecule is CC(C)S(=O)(=O)Nc1cccc(OCC(N)=O)c1. The third-order valence-corrected chi connectivity index (χ3v) is 3.86. The molecule has 100 valence electrons. The molecule has 1 aromatic carbocycles. The highest BCUT2D eigenvalue weighted by Gasteiger charge is 2.15. The molecule has 0 unspecified atom stereocenters. The zero-order chi connectivity index (χ0) is 13.8. The lowest BCUT2D eigenvalue weighted by Gasteiger charge is -2.11. The molecule has 0 heterocycles. The van der Waals surface area contributed by atoms with Gasteiger partial charge in [-0.15, -0.1) is 0 Å². The van der Waals surface area contributed by atoms with Crippen molar-refractivity contribution < 1.29 is 17.9 Å². The molecule has 0 saturated heterocycles. The summed E-state index contributed by atoms with van der Waals surface area (Å²) in [7, 11) is -3.40. The molecule has 0 spiro atoms. The Morgan fingerprint density at radius 2 is 2.11 bits per heavy atom. The maximum absolute atomic E-state index is 11.7. The van der Waals surface area contributed by atoms with E-state index in [1.807, 2.05) is 0 Å². The Labute approximate surface area is 106 Å². The van der Waals surface area contributed by atoms with Crippen molar-refractivity contribution in [3.63, 3.8) is 0 Å². The molecule has 0 aliphatic rings. The van der Waals surface area contributed by atoms with E-state index in [0.717, 1.165) is 0 Å². The normalized spacial score (nSPS) is 11.3. The Morgan fingerprint density at radius 1 is 1.44 bits per heavy atom. The minimum atomic E-state index is -3.40. The summed E-state index contributed by atoms with van der Waals surface area (Å²) < 4.78 is 30.8. The number of carbonyl (C=O) groups is 1. The molecule has 6 nitrogen and oxygen atoms in total. The highest BCUT2D eigenvalue weighted by atomic mass is 32.2. The highest BCUT2D eigenvalue weighted by Crippen LogP contribution is 2.19. The van der Waals surface area contributed by atoms with Gasteiger partial charge < -0.3 is 10.5 Å². The number of benzene rings is 1. The number of nitrogens with one attached hydrogen (secondary N) is 1. The first-order valence-electron chi connectivity index (χ1n) is 5.34. The van der Waals surface area contributed by atoms with E-state index in [1.165, 1.54) is 6.07 Å². The number of primary amides is 1. The van der Waals surface area contributed by atoms with Crippen LogP contribution < -0.4 is 15.2 Å². The van der Waals surface area contributed by atoms with E-state index in [9.17, 15) is 13.2 Å². The lowest BCUT2D eigenvalue weighted by molar-refractivity contribution is -0.119. The quantitative estimate of drug-likeness (QED) is 0.796. The van der Waals surface area contributed by atoms with E-state index < -0.39 is 21.2 Å². The number of amides is 1. The Morgan fingerprint density at radius 3 is 2.67 bits per heavy atom. The van der Waals surface area contributed by atoms with Gasteiger partial charge in [-0.3, -0.25) is 9.52 Å². The minimum absolute atomic E-state index is 0.250. The van der Waals surface area contributed by atoms with Crippen LogP contribution in [0, 0.1) is 0 Å². The van der Waals surface area contributed by atoms with Crippen LogP contribution >= 0.6 is 0 Å². The Hall–Kier alpha value is -1.76. The topological polar surface area (TPSA) is 98.5 Å². The van der Waals surface area contributed by atoms with Crippen molar-refractivity contribution in [2.24, 2.45) is 5.73 Å². The van der Waals surface area contributed by atoms with Gasteiger partial charge in [0.05, 0.1) is 10.9 Å². The van der Waals surface area contributed by atoms with Crippen LogP contribution in [0.25, 0.3) is 0 Å². The molecule has 1 amide bonds. The van der Waals surface area contributed by atoms with E-state index >= 15 is 0 Å². The third-order valence-electron chi connectivity index (χ3n) is 2.10. The zero-order valence-corrected chi connectivity index (χ0v) is 11.0. The van der Waals surface area contributed by atoms with Gasteiger partial charge in [-0.2, -0.15) is 0 Å². The number of rotatable bonds is 6. The molecule has 0 aliphatic carbocycles. The van der Waals surface area contributed by atoms with Gasteiger partial charge in [-0.05, 0) is 26.0 Å². The summed E-state index contributed by atoms with van der Waals surface area (Å²) in [6.07, 6.45) is 0. The fourth-order valence-electron chi connectivity index (χ4n) is 1.09. The van der Waals surface area contributed by atoms with Gasteiger partial charge in [-0.1, -0.05) is 6.07 Å². The van der Waals surface area contributed by atoms with Crippen molar-refractivity contribution in [2.75, 3.05) is 11.3 Å². The summed E-state index contributed by atoms with van der Waals surface area (Å²) in [5.74, 6) is -0.221. The van der Waals surface area contributed by atoms with Crippen molar-refractivity contribution in [3.05, 3.63) is 24.3 Å². The van der Waals surface area contributed by atoms with Crippen LogP contribution in [0.1, 0.15) is 13.8 Å². The standard InChI is InChI=1S/C11H16N2O4S/c1-8(2)18(15,16)13-9-4-3-5-10(6-9)17-7-11(12)14/h3-6,8,13H,7H2,1-2H3,(H2,12,14). The number of nitrogens with two attached hydrogens (primary N) is 1. The van der Waals surface area contributed by atoms with E-state index in [4.69, 9.17) is 10.5 Å². The van der Waals surface area contributed by atoms with Gasteiger partial charge in [0.1, 0.15) is 5.75 Å². The number of ether oxygens (including phenoxy) is 1. The number of anilines is 1. The third kappa shape index (κ3) is 4.25. The number of carbonyl (C=O) groups excluding carboxylic acids is 1. The lowest BCUT2D eigenvalue weighted by atomic mass is 10.3. The highest BCUT2D eigenvalue weighted by molar-refractivity contribution is 7.93. The molecule has 0 atom stereocenters. The van der Waals surface area contributed by atoms with Gasteiger partial charge in [-0.25, -0.2) is 8.42 Å². The van der Waals surface area contributed by atoms with Crippen LogP contribution in [0.3, 0.4) is 0 Å². The fraction of sp³-hybridized carbons (Fsp3) is 0.364. The van der Waals surface area contributed by atoms with E-state index in [2.05, 4.69) is 4.72 Å². The largest absolute Gasteiger partial charge is 0.484 e. The monoisotopic (exact) mass is 272 g/mol. The molecule has 1 aromatic rings. The maximum atomic E-state index is 11.7. The summed E-state index contributed by atoms with van der Waals surface area (Å²) in [5, 5.41) is -0.535. The van der Waals surface area contributed by atoms with Crippen molar-refractivity contribution in [2.45, 2.75) is 19.1 Å². The fourth-order valence-corrected chi connectivity index (χ4v) is 1.78. The second kappa shape index (κ2) is 5.72. The van der Waals surface area contributed by atoms with Gasteiger partial charge in [0.25, 0.3) is 5.91 Å². The zero-order valence-electron chi connectivity index (χ0n) is 10.2. The van der Waals surface area contributed by atoms with Crippen LogP contribution in [-0.4, -0.2) is 26.2 Å². The molecule has 0 radical (unpaired) electrons. The first-order chi connectivity index (χ1) is 8.31. The molecule has 0 saturated carbocycles. The molecular formula is C11H16N2O4S. The summed E-state index contributed by atoms with van der Waals surface area (Å²) in [6, 6.07) is 6.31. The van der Waals surface area contributed by atoms with Crippen LogP contribution in [0.15, 0.2) is 24.3 Å². The van der Waals surface area contributed by atoms with Crippen molar-refractivity contribution in [1.82, 2.24) is 0 Å². The summed E-state index contributed by atoms with van der Waals surface area (Å²) in [5.41, 5.74) is 5.32. The summed E-state index contributed by atoms with van der Waals surface area (Å²) in [4.78, 5) is 10.6. The van der Waals surface area contributed by atoms with Crippen LogP contribution in [0.2, 0.25) is 0 Å². The smallest absolute Gasteiger partial charge is 0.255 e. The Balaban J connectivity index is 2.80. The molecule has 0 fully saturated rings. The molecular weight excluding hydrogens is 256 g/mol. The second-order valence-corrected chi connectivity index (χ2v) is 6.22. The van der Waals surface area contributed by atoms with E-state index in [0.29, 0.717) is 11.4 Å². The number of hydrogen-bond donors (Lipinski definition) is 2. The first-order valence-corrected chi connectivity index (χ1v) is 6.88. The van der Waals surface area contributed by atoms with Crippen molar-refractivity contribution in [3.8, 4) is 5.75 Å². The van der Waals surface area contributed by atoms with Crippen molar-refractivity contribution >= 4 is 21.6 Å². The van der Waals surface area contributed by atoms with Crippen LogP contribution in [0.5, 0.6) is 5.75 Å². The van der Waals surface area contributed by atoms with E-state index in [-0.39, 0.29) is 6.61 Å². The summed E-state index contributed by atoms with van der Waals surface area (Å²) in [6.45, 7) is 2.91. The molecule has 18 heavy (non-hydrogen) atoms. The minimum Gasteiger partial charge on any atom is -0.484 e. The van der Waals surface area contributed by atoms with Crippen molar-refractivity contribution in [1.29, 1.82) is 0 Å². The molecule has 0 aromatic heterocycles. The summed E-state index contributed by atoms with van der Waals surface area (Å²) >= 11 is 0. The lowest BCUT2D eigenvalue weighted by Crippen LogP contribution is -2.22. The molecule has 0 aliphatic heterocycles. The van der Waals surface area contributed by atoms with Gasteiger partial charge in [0.15, 0.2) is 6.61 Å². The number of sulfonamides is 1. The van der Waals surface area contributed by atoms with Gasteiger partial charge >= 0.3 is 0 Å². The van der Waals surface area contributed by atoms with Gasteiger partial charge in [0, 0.05) is 6.07 Å². The average Bonchev–Trinajstić information content (AvgIpc) is 2.26.